The number of urea groups is 1. The number of hydrogen-bond donors (Lipinski definition) is 1. The molecular formula is C20H23N5O3. The number of nitrogens with one attached hydrogen (secondary N) is 1. The second-order valence-corrected chi connectivity index (χ2v) is 6.95. The van der Waals surface area contributed by atoms with E-state index < -0.39 is 29.8 Å². The Balaban J connectivity index is 1.92. The van der Waals surface area contributed by atoms with E-state index in [0.29, 0.717) is 18.7 Å². The van der Waals surface area contributed by atoms with Crippen molar-refractivity contribution >= 4 is 29.1 Å². The molecule has 146 valence electrons. The van der Waals surface area contributed by atoms with Gasteiger partial charge in [-0.25, -0.2) is 4.79 Å². The topological polar surface area (TPSA) is 96.8 Å². The summed E-state index contributed by atoms with van der Waals surface area (Å²) < 4.78 is 0. The van der Waals surface area contributed by atoms with Gasteiger partial charge in [0.15, 0.2) is 5.78 Å². The number of para-hydroxylation sites is 2. The predicted octanol–water partition coefficient (Wildman–Crippen LogP) is 1.99. The number of fused-ring (bicyclic) bond motifs is 1. The van der Waals surface area contributed by atoms with Gasteiger partial charge in [-0.3, -0.25) is 14.5 Å². The van der Waals surface area contributed by atoms with Gasteiger partial charge >= 0.3 is 6.03 Å². The number of amides is 3. The molecule has 0 aliphatic carbocycles. The highest BCUT2D eigenvalue weighted by molar-refractivity contribution is 6.12. The fourth-order valence-corrected chi connectivity index (χ4v) is 3.83. The molecule has 8 heteroatoms. The summed E-state index contributed by atoms with van der Waals surface area (Å²) in [5.41, 5.74) is 0.666. The number of imide groups is 1. The van der Waals surface area contributed by atoms with E-state index in [1.165, 1.54) is 0 Å². The van der Waals surface area contributed by atoms with E-state index in [2.05, 4.69) is 5.32 Å². The largest absolute Gasteiger partial charge is 0.328 e. The highest BCUT2D eigenvalue weighted by Crippen LogP contribution is 2.40. The van der Waals surface area contributed by atoms with Gasteiger partial charge in [0.05, 0.1) is 17.9 Å². The van der Waals surface area contributed by atoms with Gasteiger partial charge in [-0.2, -0.15) is 5.26 Å². The standard InChI is InChI=1S/C20H23N5O3/c1-5-20(6-2)18(27)25(19(28)22-20)12-16(26)13(11-21)17-23(3)14-9-7-8-10-15(14)24(17)4/h7-10H,5-6,12H2,1-4H3,(H,22,28). The molecule has 8 nitrogen and oxygen atoms in total. The van der Waals surface area contributed by atoms with Gasteiger partial charge in [-0.15, -0.1) is 0 Å². The van der Waals surface area contributed by atoms with E-state index in [1.807, 2.05) is 44.2 Å². The lowest BCUT2D eigenvalue weighted by molar-refractivity contribution is -0.133. The van der Waals surface area contributed by atoms with E-state index >= 15 is 0 Å². The van der Waals surface area contributed by atoms with Crippen molar-refractivity contribution < 1.29 is 14.4 Å². The number of rotatable bonds is 5. The minimum absolute atomic E-state index is 0.0905. The minimum atomic E-state index is -0.978. The van der Waals surface area contributed by atoms with Crippen LogP contribution in [0.1, 0.15) is 26.7 Å². The summed E-state index contributed by atoms with van der Waals surface area (Å²) in [5, 5.41) is 12.4. The van der Waals surface area contributed by atoms with Crippen molar-refractivity contribution in [2.24, 2.45) is 0 Å². The van der Waals surface area contributed by atoms with Crippen LogP contribution in [0.5, 0.6) is 0 Å². The Hall–Kier alpha value is -3.34. The maximum atomic E-state index is 12.9. The smallest absolute Gasteiger partial charge is 0.325 e. The van der Waals surface area contributed by atoms with Crippen LogP contribution in [-0.4, -0.2) is 48.8 Å². The van der Waals surface area contributed by atoms with Crippen molar-refractivity contribution in [3.8, 4) is 6.07 Å². The van der Waals surface area contributed by atoms with Gasteiger partial charge < -0.3 is 15.1 Å². The Morgan fingerprint density at radius 3 is 2.07 bits per heavy atom. The third-order valence-electron chi connectivity index (χ3n) is 5.61. The number of carbonyl (C=O) groups excluding carboxylic acids is 3. The first-order chi connectivity index (χ1) is 13.3. The Kier molecular flexibility index (Phi) is 4.86. The molecule has 0 unspecified atom stereocenters. The fraction of sp³-hybridized carbons (Fsp3) is 0.400. The van der Waals surface area contributed by atoms with Crippen molar-refractivity contribution in [1.82, 2.24) is 10.2 Å². The SMILES string of the molecule is CCC1(CC)NC(=O)N(CC(=O)C(C#N)=C2N(C)c3ccccc3N2C)C1=O. The zero-order valence-electron chi connectivity index (χ0n) is 16.4. The lowest BCUT2D eigenvalue weighted by Crippen LogP contribution is -2.46. The molecule has 1 N–H and O–H groups in total. The van der Waals surface area contributed by atoms with Crippen LogP contribution < -0.4 is 15.1 Å². The predicted molar refractivity (Wildman–Crippen MR) is 104 cm³/mol. The van der Waals surface area contributed by atoms with Crippen LogP contribution in [0.3, 0.4) is 0 Å². The first kappa shape index (κ1) is 19.4. The Morgan fingerprint density at radius 1 is 1.11 bits per heavy atom. The quantitative estimate of drug-likeness (QED) is 0.476. The van der Waals surface area contributed by atoms with Crippen LogP contribution in [-0.2, 0) is 9.59 Å². The molecule has 1 aromatic carbocycles. The number of carbonyl (C=O) groups is 3. The molecule has 0 radical (unpaired) electrons. The molecule has 0 spiro atoms. The molecule has 2 aliphatic rings. The number of benzene rings is 1. The van der Waals surface area contributed by atoms with Gasteiger partial charge in [-0.05, 0) is 25.0 Å². The maximum Gasteiger partial charge on any atom is 0.325 e. The summed E-state index contributed by atoms with van der Waals surface area (Å²) >= 11 is 0. The zero-order valence-corrected chi connectivity index (χ0v) is 16.4. The first-order valence-electron chi connectivity index (χ1n) is 9.19. The van der Waals surface area contributed by atoms with Gasteiger partial charge in [0.25, 0.3) is 5.91 Å². The molecule has 0 atom stereocenters. The minimum Gasteiger partial charge on any atom is -0.328 e. The Labute approximate surface area is 164 Å². The molecule has 1 fully saturated rings. The molecule has 3 rings (SSSR count). The van der Waals surface area contributed by atoms with Crippen LogP contribution >= 0.6 is 0 Å². The number of anilines is 2. The van der Waals surface area contributed by atoms with Crippen molar-refractivity contribution in [2.75, 3.05) is 30.4 Å². The second-order valence-electron chi connectivity index (χ2n) is 6.95. The zero-order chi connectivity index (χ0) is 20.6. The highest BCUT2D eigenvalue weighted by Gasteiger charge is 2.49. The van der Waals surface area contributed by atoms with Crippen LogP contribution in [0, 0.1) is 11.3 Å². The number of nitrogens with zero attached hydrogens (tertiary/aromatic N) is 4. The molecular weight excluding hydrogens is 358 g/mol. The van der Waals surface area contributed by atoms with Gasteiger partial charge in [0.1, 0.15) is 23.0 Å². The molecule has 0 saturated carbocycles. The molecule has 1 saturated heterocycles. The lowest BCUT2D eigenvalue weighted by Gasteiger charge is -2.23. The average molecular weight is 381 g/mol. The van der Waals surface area contributed by atoms with Crippen molar-refractivity contribution in [3.63, 3.8) is 0 Å². The van der Waals surface area contributed by atoms with Gasteiger partial charge in [0, 0.05) is 14.1 Å². The van der Waals surface area contributed by atoms with E-state index in [9.17, 15) is 19.6 Å². The average Bonchev–Trinajstić information content (AvgIpc) is 3.09. The molecule has 28 heavy (non-hydrogen) atoms. The summed E-state index contributed by atoms with van der Waals surface area (Å²) in [4.78, 5) is 42.4. The first-order valence-corrected chi connectivity index (χ1v) is 9.19. The normalized spacial score (nSPS) is 17.5. The second kappa shape index (κ2) is 7.00. The summed E-state index contributed by atoms with van der Waals surface area (Å²) in [5.74, 6) is -0.567. The summed E-state index contributed by atoms with van der Waals surface area (Å²) in [6.07, 6.45) is 0.873. The van der Waals surface area contributed by atoms with Crippen LogP contribution in [0.4, 0.5) is 16.2 Å². The van der Waals surface area contributed by atoms with E-state index in [4.69, 9.17) is 0 Å². The number of Topliss-reactive ketones (excluding diaryl/α,β-unsaturated/α-hetero) is 1. The fourth-order valence-electron chi connectivity index (χ4n) is 3.83. The Morgan fingerprint density at radius 2 is 1.64 bits per heavy atom. The third kappa shape index (κ3) is 2.71. The molecule has 0 bridgehead atoms. The summed E-state index contributed by atoms with van der Waals surface area (Å²) in [6.45, 7) is 3.17. The Bertz CT molecular complexity index is 895. The number of nitriles is 1. The molecule has 2 aliphatic heterocycles. The van der Waals surface area contributed by atoms with Crippen LogP contribution in [0.15, 0.2) is 35.7 Å². The van der Waals surface area contributed by atoms with Crippen LogP contribution in [0.25, 0.3) is 0 Å². The monoisotopic (exact) mass is 381 g/mol. The third-order valence-corrected chi connectivity index (χ3v) is 5.61. The van der Waals surface area contributed by atoms with Crippen molar-refractivity contribution in [3.05, 3.63) is 35.7 Å². The van der Waals surface area contributed by atoms with Crippen LogP contribution in [0.2, 0.25) is 0 Å². The molecule has 3 amide bonds. The van der Waals surface area contributed by atoms with Gasteiger partial charge in [0.2, 0.25) is 0 Å². The van der Waals surface area contributed by atoms with E-state index in [1.54, 1.807) is 23.9 Å². The molecule has 0 aromatic heterocycles. The summed E-state index contributed by atoms with van der Waals surface area (Å²) in [6, 6.07) is 8.92. The van der Waals surface area contributed by atoms with E-state index in [0.717, 1.165) is 16.3 Å². The maximum absolute atomic E-state index is 12.9. The molecule has 2 heterocycles. The highest BCUT2D eigenvalue weighted by atomic mass is 16.2. The summed E-state index contributed by atoms with van der Waals surface area (Å²) in [7, 11) is 3.55. The number of hydrogen-bond acceptors (Lipinski definition) is 6. The van der Waals surface area contributed by atoms with Crippen molar-refractivity contribution in [2.45, 2.75) is 32.2 Å². The van der Waals surface area contributed by atoms with E-state index in [-0.39, 0.29) is 5.57 Å². The number of ketones is 1. The van der Waals surface area contributed by atoms with Gasteiger partial charge in [-0.1, -0.05) is 26.0 Å². The van der Waals surface area contributed by atoms with Crippen molar-refractivity contribution in [1.29, 1.82) is 5.26 Å². The molecule has 1 aromatic rings. The lowest BCUT2D eigenvalue weighted by atomic mass is 9.93.